The van der Waals surface area contributed by atoms with Crippen LogP contribution in [0.1, 0.15) is 97.8 Å². The van der Waals surface area contributed by atoms with Gasteiger partial charge in [0.1, 0.15) is 0 Å². The second kappa shape index (κ2) is 6.84. The van der Waals surface area contributed by atoms with Gasteiger partial charge in [0.05, 0.1) is 0 Å². The van der Waals surface area contributed by atoms with Crippen molar-refractivity contribution in [1.29, 1.82) is 0 Å². The van der Waals surface area contributed by atoms with E-state index in [0.29, 0.717) is 10.8 Å². The fourth-order valence-corrected chi connectivity index (χ4v) is 8.97. The zero-order chi connectivity index (χ0) is 17.7. The molecule has 0 bridgehead atoms. The Morgan fingerprint density at radius 2 is 1.68 bits per heavy atom. The number of hydrogen-bond donors (Lipinski definition) is 1. The summed E-state index contributed by atoms with van der Waals surface area (Å²) in [6.07, 6.45) is 17.9. The molecule has 0 saturated heterocycles. The topological polar surface area (TPSA) is 26.0 Å². The minimum absolute atomic E-state index is 0.645. The second-order valence-electron chi connectivity index (χ2n) is 10.9. The molecule has 4 fully saturated rings. The van der Waals surface area contributed by atoms with Crippen LogP contribution in [0.4, 0.5) is 0 Å². The van der Waals surface area contributed by atoms with Crippen LogP contribution in [-0.2, 0) is 0 Å². The largest absolute Gasteiger partial charge is 0.330 e. The number of nitrogens with two attached hydrogens (primary N) is 1. The molecule has 0 spiro atoms. The first-order valence-corrected chi connectivity index (χ1v) is 11.7. The fourth-order valence-electron chi connectivity index (χ4n) is 8.97. The molecule has 0 aromatic heterocycles. The van der Waals surface area contributed by atoms with Gasteiger partial charge >= 0.3 is 0 Å². The Balaban J connectivity index is 1.60. The van der Waals surface area contributed by atoms with E-state index in [1.165, 1.54) is 57.8 Å². The van der Waals surface area contributed by atoms with E-state index in [4.69, 9.17) is 5.73 Å². The summed E-state index contributed by atoms with van der Waals surface area (Å²) in [5.41, 5.74) is 7.18. The van der Waals surface area contributed by atoms with Gasteiger partial charge in [-0.05, 0) is 111 Å². The molecule has 0 heterocycles. The van der Waals surface area contributed by atoms with Crippen molar-refractivity contribution < 1.29 is 0 Å². The highest BCUT2D eigenvalue weighted by atomic mass is 14.7. The summed E-state index contributed by atoms with van der Waals surface area (Å²) in [5, 5.41) is 0. The monoisotopic (exact) mass is 345 g/mol. The van der Waals surface area contributed by atoms with Crippen LogP contribution < -0.4 is 5.73 Å². The molecule has 4 saturated carbocycles. The van der Waals surface area contributed by atoms with Gasteiger partial charge in [-0.1, -0.05) is 40.0 Å². The highest BCUT2D eigenvalue weighted by Crippen LogP contribution is 2.69. The van der Waals surface area contributed by atoms with Gasteiger partial charge in [0.15, 0.2) is 0 Å². The van der Waals surface area contributed by atoms with Gasteiger partial charge in [-0.15, -0.1) is 0 Å². The predicted molar refractivity (Wildman–Crippen MR) is 107 cm³/mol. The molecule has 0 radical (unpaired) electrons. The summed E-state index contributed by atoms with van der Waals surface area (Å²) < 4.78 is 0. The SMILES string of the molecule is CC[C@H]1C[C@@H]2C(CC[C@]3(C)[C@@H](CCCN)CC[C@@H]23)[C@@]2(C)CCCC[C@@H]12. The third kappa shape index (κ3) is 2.74. The first-order chi connectivity index (χ1) is 12.0. The van der Waals surface area contributed by atoms with Crippen LogP contribution in [0.3, 0.4) is 0 Å². The van der Waals surface area contributed by atoms with Crippen molar-refractivity contribution in [1.82, 2.24) is 0 Å². The maximum atomic E-state index is 5.85. The van der Waals surface area contributed by atoms with Crippen molar-refractivity contribution in [3.63, 3.8) is 0 Å². The lowest BCUT2D eigenvalue weighted by molar-refractivity contribution is -0.135. The van der Waals surface area contributed by atoms with Gasteiger partial charge in [0.2, 0.25) is 0 Å². The molecule has 25 heavy (non-hydrogen) atoms. The average molecular weight is 346 g/mol. The summed E-state index contributed by atoms with van der Waals surface area (Å²) in [5.74, 6) is 6.17. The van der Waals surface area contributed by atoms with Crippen LogP contribution >= 0.6 is 0 Å². The number of rotatable bonds is 4. The first kappa shape index (κ1) is 18.3. The first-order valence-electron chi connectivity index (χ1n) is 11.7. The molecule has 2 N–H and O–H groups in total. The van der Waals surface area contributed by atoms with Crippen molar-refractivity contribution in [3.8, 4) is 0 Å². The van der Waals surface area contributed by atoms with Gasteiger partial charge in [0.25, 0.3) is 0 Å². The van der Waals surface area contributed by atoms with Crippen LogP contribution in [0, 0.1) is 46.3 Å². The summed E-state index contributed by atoms with van der Waals surface area (Å²) >= 11 is 0. The van der Waals surface area contributed by atoms with Crippen LogP contribution in [0.5, 0.6) is 0 Å². The molecule has 4 aliphatic rings. The Labute approximate surface area is 156 Å². The predicted octanol–water partition coefficient (Wildman–Crippen LogP) is 6.41. The normalized spacial score (nSPS) is 52.3. The van der Waals surface area contributed by atoms with Gasteiger partial charge in [0, 0.05) is 0 Å². The van der Waals surface area contributed by atoms with E-state index in [1.807, 2.05) is 0 Å². The van der Waals surface area contributed by atoms with E-state index in [9.17, 15) is 0 Å². The lowest BCUT2D eigenvalue weighted by atomic mass is 9.42. The third-order valence-electron chi connectivity index (χ3n) is 10.2. The van der Waals surface area contributed by atoms with Crippen molar-refractivity contribution in [3.05, 3.63) is 0 Å². The van der Waals surface area contributed by atoms with E-state index in [-0.39, 0.29) is 0 Å². The number of fused-ring (bicyclic) bond motifs is 5. The molecule has 0 amide bonds. The second-order valence-corrected chi connectivity index (χ2v) is 10.9. The van der Waals surface area contributed by atoms with Gasteiger partial charge < -0.3 is 5.73 Å². The van der Waals surface area contributed by atoms with Crippen molar-refractivity contribution in [2.45, 2.75) is 97.8 Å². The Hall–Kier alpha value is -0.0400. The molecular formula is C24H43N. The van der Waals surface area contributed by atoms with Crippen LogP contribution in [-0.4, -0.2) is 6.54 Å². The zero-order valence-corrected chi connectivity index (χ0v) is 17.2. The van der Waals surface area contributed by atoms with Crippen LogP contribution in [0.25, 0.3) is 0 Å². The molecule has 0 aromatic rings. The quantitative estimate of drug-likeness (QED) is 0.626. The Kier molecular flexibility index (Phi) is 5.02. The summed E-state index contributed by atoms with van der Waals surface area (Å²) in [7, 11) is 0. The van der Waals surface area contributed by atoms with E-state index < -0.39 is 0 Å². The molecule has 1 unspecified atom stereocenters. The standard InChI is InChI=1S/C24H43N/c1-4-17-16-19-21-11-10-18(8-7-15-25)23(21,2)14-12-22(19)24(3)13-6-5-9-20(17)24/h17-22H,4-16,25H2,1-3H3/t17-,18-,19-,20-,21-,22?,23+,24-/m0/s1. The zero-order valence-electron chi connectivity index (χ0n) is 17.2. The highest BCUT2D eigenvalue weighted by Gasteiger charge is 2.60. The Bertz CT molecular complexity index is 473. The van der Waals surface area contributed by atoms with E-state index in [1.54, 1.807) is 19.3 Å². The van der Waals surface area contributed by atoms with Gasteiger partial charge in [-0.2, -0.15) is 0 Å². The molecule has 4 rings (SSSR count). The summed E-state index contributed by atoms with van der Waals surface area (Å²) in [6, 6.07) is 0. The van der Waals surface area contributed by atoms with E-state index in [2.05, 4.69) is 20.8 Å². The fraction of sp³-hybridized carbons (Fsp3) is 1.00. The summed E-state index contributed by atoms with van der Waals surface area (Å²) in [6.45, 7) is 8.81. The van der Waals surface area contributed by atoms with Crippen molar-refractivity contribution in [2.24, 2.45) is 52.1 Å². The average Bonchev–Trinajstić information content (AvgIpc) is 2.95. The lowest BCUT2D eigenvalue weighted by Crippen LogP contribution is -2.55. The molecule has 144 valence electrons. The molecule has 4 aliphatic carbocycles. The highest BCUT2D eigenvalue weighted by molar-refractivity contribution is 5.10. The molecular weight excluding hydrogens is 302 g/mol. The molecule has 1 nitrogen and oxygen atoms in total. The van der Waals surface area contributed by atoms with Gasteiger partial charge in [-0.3, -0.25) is 0 Å². The minimum atomic E-state index is 0.645. The lowest BCUT2D eigenvalue weighted by Gasteiger charge is -2.62. The van der Waals surface area contributed by atoms with Crippen molar-refractivity contribution >= 4 is 0 Å². The van der Waals surface area contributed by atoms with E-state index in [0.717, 1.165) is 42.1 Å². The van der Waals surface area contributed by atoms with Gasteiger partial charge in [-0.25, -0.2) is 0 Å². The van der Waals surface area contributed by atoms with Crippen LogP contribution in [0.2, 0.25) is 0 Å². The van der Waals surface area contributed by atoms with E-state index >= 15 is 0 Å². The molecule has 0 aromatic carbocycles. The Morgan fingerprint density at radius 3 is 2.44 bits per heavy atom. The third-order valence-corrected chi connectivity index (χ3v) is 10.2. The van der Waals surface area contributed by atoms with Crippen molar-refractivity contribution in [2.75, 3.05) is 6.54 Å². The number of hydrogen-bond acceptors (Lipinski definition) is 1. The van der Waals surface area contributed by atoms with Crippen LogP contribution in [0.15, 0.2) is 0 Å². The smallest absolute Gasteiger partial charge is 0.00772 e. The molecule has 8 atom stereocenters. The maximum Gasteiger partial charge on any atom is -0.00772 e. The minimum Gasteiger partial charge on any atom is -0.330 e. The maximum absolute atomic E-state index is 5.85. The summed E-state index contributed by atoms with van der Waals surface area (Å²) in [4.78, 5) is 0. The molecule has 1 heteroatoms. The Morgan fingerprint density at radius 1 is 0.880 bits per heavy atom. The molecule has 0 aliphatic heterocycles.